The minimum atomic E-state index is -1.27. The summed E-state index contributed by atoms with van der Waals surface area (Å²) in [6, 6.07) is 3.32. The van der Waals surface area contributed by atoms with Crippen LogP contribution in [-0.2, 0) is 0 Å². The fourth-order valence-corrected chi connectivity index (χ4v) is 0.695. The molecule has 1 rings (SSSR count). The van der Waals surface area contributed by atoms with Crippen LogP contribution < -0.4 is 0 Å². The van der Waals surface area contributed by atoms with Crippen LogP contribution in [0.3, 0.4) is 0 Å². The molecule has 3 N–H and O–H groups in total. The van der Waals surface area contributed by atoms with Crippen LogP contribution >= 0.6 is 0 Å². The van der Waals surface area contributed by atoms with Crippen LogP contribution in [0.25, 0.3) is 0 Å². The van der Waals surface area contributed by atoms with Crippen molar-refractivity contribution >= 4 is 43.7 Å². The van der Waals surface area contributed by atoms with Crippen molar-refractivity contribution < 1.29 is 20.1 Å². The van der Waals surface area contributed by atoms with Gasteiger partial charge in [-0.1, -0.05) is 0 Å². The summed E-state index contributed by atoms with van der Waals surface area (Å²) in [5.41, 5.74) is -0.301. The van der Waals surface area contributed by atoms with Gasteiger partial charge in [0.25, 0.3) is 0 Å². The first-order chi connectivity index (χ1) is 5.11. The first-order valence-electron chi connectivity index (χ1n) is 2.86. The number of phenols is 2. The second-order valence-corrected chi connectivity index (χ2v) is 2.01. The maximum atomic E-state index is 10.3. The van der Waals surface area contributed by atoms with Gasteiger partial charge in [-0.3, -0.25) is 0 Å². The molecule has 12 heavy (non-hydrogen) atoms. The number of carbonyl (C=O) groups is 1. The topological polar surface area (TPSA) is 77.8 Å². The summed E-state index contributed by atoms with van der Waals surface area (Å²) in [5, 5.41) is 26.1. The third kappa shape index (κ3) is 2.55. The molecular weight excluding hydrogens is 188 g/mol. The molecule has 1 aromatic carbocycles. The molecule has 1 aromatic rings. The predicted molar refractivity (Wildman–Crippen MR) is 45.3 cm³/mol. The maximum absolute atomic E-state index is 10.3. The summed E-state index contributed by atoms with van der Waals surface area (Å²) in [7, 11) is 0. The van der Waals surface area contributed by atoms with Crippen molar-refractivity contribution in [1.82, 2.24) is 0 Å². The van der Waals surface area contributed by atoms with E-state index < -0.39 is 5.97 Å². The van der Waals surface area contributed by atoms with Gasteiger partial charge in [0.15, 0.2) is 0 Å². The van der Waals surface area contributed by atoms with Crippen LogP contribution in [-0.4, -0.2) is 59.0 Å². The monoisotopic (exact) mass is 196 g/mol. The van der Waals surface area contributed by atoms with Gasteiger partial charge >= 0.3 is 43.7 Å². The third-order valence-corrected chi connectivity index (χ3v) is 1.21. The summed E-state index contributed by atoms with van der Waals surface area (Å²) in [6.45, 7) is 0. The quantitative estimate of drug-likeness (QED) is 0.432. The van der Waals surface area contributed by atoms with Crippen LogP contribution in [0, 0.1) is 0 Å². The van der Waals surface area contributed by atoms with Crippen molar-refractivity contribution in [2.75, 3.05) is 0 Å². The number of benzene rings is 1. The zero-order chi connectivity index (χ0) is 8.43. The molecule has 0 unspecified atom stereocenters. The van der Waals surface area contributed by atoms with Crippen molar-refractivity contribution in [3.8, 4) is 11.5 Å². The normalized spacial score (nSPS) is 8.67. The zero-order valence-electron chi connectivity index (χ0n) is 5.48. The number of hydrogen-bond acceptors (Lipinski definition) is 3. The van der Waals surface area contributed by atoms with E-state index in [1.165, 1.54) is 6.07 Å². The summed E-state index contributed by atoms with van der Waals surface area (Å²) in [6.07, 6.45) is 0. The Kier molecular flexibility index (Phi) is 4.37. The van der Waals surface area contributed by atoms with E-state index in [2.05, 4.69) is 0 Å². The van der Waals surface area contributed by atoms with Crippen molar-refractivity contribution in [3.05, 3.63) is 23.8 Å². The van der Waals surface area contributed by atoms with E-state index in [4.69, 9.17) is 15.3 Å². The number of carboxylic acids is 1. The molecule has 0 saturated heterocycles. The Morgan fingerprint density at radius 1 is 1.25 bits per heavy atom. The summed E-state index contributed by atoms with van der Waals surface area (Å²) >= 11 is 0. The molecule has 0 spiro atoms. The molecule has 4 nitrogen and oxygen atoms in total. The number of hydrogen-bond donors (Lipinski definition) is 3. The molecular formula is C7H8CaO4. The number of carboxylic acid groups (broad SMARTS) is 1. The molecule has 0 aliphatic carbocycles. The summed E-state index contributed by atoms with van der Waals surface area (Å²) in [5.74, 6) is -1.80. The molecule has 62 valence electrons. The van der Waals surface area contributed by atoms with Gasteiger partial charge in [-0.05, 0) is 18.2 Å². The summed E-state index contributed by atoms with van der Waals surface area (Å²) < 4.78 is 0. The second kappa shape index (κ2) is 4.54. The third-order valence-electron chi connectivity index (χ3n) is 1.21. The van der Waals surface area contributed by atoms with E-state index in [1.807, 2.05) is 0 Å². The Morgan fingerprint density at radius 2 is 1.83 bits per heavy atom. The first kappa shape index (κ1) is 11.5. The van der Waals surface area contributed by atoms with Gasteiger partial charge < -0.3 is 15.3 Å². The molecule has 0 aromatic heterocycles. The van der Waals surface area contributed by atoms with Crippen LogP contribution in [0.15, 0.2) is 18.2 Å². The van der Waals surface area contributed by atoms with Crippen molar-refractivity contribution in [2.45, 2.75) is 0 Å². The fraction of sp³-hybridized carbons (Fsp3) is 0. The molecule has 5 heteroatoms. The molecule has 0 atom stereocenters. The van der Waals surface area contributed by atoms with Crippen LogP contribution in [0.1, 0.15) is 10.4 Å². The molecule has 0 aliphatic rings. The number of aromatic hydroxyl groups is 2. The Balaban J connectivity index is 0.00000121. The molecule has 0 amide bonds. The average Bonchev–Trinajstić information content (AvgIpc) is 1.94. The fourth-order valence-electron chi connectivity index (χ4n) is 0.695. The van der Waals surface area contributed by atoms with Crippen molar-refractivity contribution in [2.24, 2.45) is 0 Å². The number of rotatable bonds is 1. The van der Waals surface area contributed by atoms with E-state index >= 15 is 0 Å². The Bertz CT molecular complexity index is 297. The summed E-state index contributed by atoms with van der Waals surface area (Å²) in [4.78, 5) is 10.3. The molecule has 0 radical (unpaired) electrons. The SMILES string of the molecule is O=C(O)c1cc(O)ccc1O.[CaH2]. The molecule has 0 saturated carbocycles. The number of aromatic carboxylic acids is 1. The van der Waals surface area contributed by atoms with Crippen LogP contribution in [0.4, 0.5) is 0 Å². The van der Waals surface area contributed by atoms with Crippen molar-refractivity contribution in [1.29, 1.82) is 0 Å². The Labute approximate surface area is 98.5 Å². The van der Waals surface area contributed by atoms with E-state index in [0.717, 1.165) is 12.1 Å². The van der Waals surface area contributed by atoms with Crippen LogP contribution in [0.5, 0.6) is 11.5 Å². The molecule has 0 heterocycles. The number of phenolic OH excluding ortho intramolecular Hbond substituents is 1. The van der Waals surface area contributed by atoms with Gasteiger partial charge in [0.2, 0.25) is 0 Å². The van der Waals surface area contributed by atoms with Gasteiger partial charge in [-0.15, -0.1) is 0 Å². The van der Waals surface area contributed by atoms with Gasteiger partial charge in [0.05, 0.1) is 0 Å². The minimum absolute atomic E-state index is 0. The average molecular weight is 196 g/mol. The predicted octanol–water partition coefficient (Wildman–Crippen LogP) is -0.120. The molecule has 0 aliphatic heterocycles. The van der Waals surface area contributed by atoms with E-state index in [-0.39, 0.29) is 54.8 Å². The van der Waals surface area contributed by atoms with Crippen molar-refractivity contribution in [3.63, 3.8) is 0 Å². The Morgan fingerprint density at radius 3 is 2.25 bits per heavy atom. The van der Waals surface area contributed by atoms with E-state index in [9.17, 15) is 4.79 Å². The van der Waals surface area contributed by atoms with Gasteiger partial charge in [0.1, 0.15) is 17.1 Å². The van der Waals surface area contributed by atoms with Gasteiger partial charge in [-0.25, -0.2) is 4.79 Å². The zero-order valence-corrected chi connectivity index (χ0v) is 5.48. The second-order valence-electron chi connectivity index (χ2n) is 2.01. The van der Waals surface area contributed by atoms with E-state index in [0.29, 0.717) is 0 Å². The standard InChI is InChI=1S/C7H6O4.Ca.2H/c8-4-1-2-6(9)5(3-4)7(10)11;;;/h1-3,8-9H,(H,10,11);;;. The first-order valence-corrected chi connectivity index (χ1v) is 2.86. The van der Waals surface area contributed by atoms with Gasteiger partial charge in [-0.2, -0.15) is 0 Å². The Hall–Kier alpha value is -0.450. The van der Waals surface area contributed by atoms with E-state index in [1.54, 1.807) is 0 Å². The van der Waals surface area contributed by atoms with Crippen LogP contribution in [0.2, 0.25) is 0 Å². The van der Waals surface area contributed by atoms with Gasteiger partial charge in [0, 0.05) is 0 Å². The molecule has 0 fully saturated rings. The molecule has 0 bridgehead atoms.